The van der Waals surface area contributed by atoms with E-state index in [0.717, 1.165) is 34.2 Å². The maximum absolute atomic E-state index is 12.6. The van der Waals surface area contributed by atoms with Crippen LogP contribution in [-0.4, -0.2) is 10.5 Å². The predicted molar refractivity (Wildman–Crippen MR) is 111 cm³/mol. The molecule has 3 aromatic rings. The Morgan fingerprint density at radius 3 is 2.38 bits per heavy atom. The van der Waals surface area contributed by atoms with Gasteiger partial charge in [-0.05, 0) is 43.2 Å². The molecule has 134 valence electrons. The number of rotatable bonds is 5. The summed E-state index contributed by atoms with van der Waals surface area (Å²) in [6, 6.07) is 17.6. The van der Waals surface area contributed by atoms with Crippen molar-refractivity contribution in [2.75, 3.05) is 0 Å². The van der Waals surface area contributed by atoms with Crippen LogP contribution in [0.4, 0.5) is 0 Å². The van der Waals surface area contributed by atoms with Gasteiger partial charge in [-0.2, -0.15) is 4.99 Å². The molecule has 0 aliphatic carbocycles. The lowest BCUT2D eigenvalue weighted by Gasteiger charge is -2.09. The molecule has 1 heterocycles. The van der Waals surface area contributed by atoms with Gasteiger partial charge in [-0.1, -0.05) is 59.6 Å². The molecule has 26 heavy (non-hydrogen) atoms. The molecule has 0 saturated heterocycles. The van der Waals surface area contributed by atoms with E-state index in [1.165, 1.54) is 10.6 Å². The second-order valence-electron chi connectivity index (χ2n) is 5.94. The minimum atomic E-state index is -0.195. The first-order valence-corrected chi connectivity index (χ1v) is 10.4. The Morgan fingerprint density at radius 1 is 1.08 bits per heavy atom. The number of hydrogen-bond acceptors (Lipinski definition) is 2. The molecule has 0 N–H and O–H groups in total. The van der Waals surface area contributed by atoms with Crippen LogP contribution < -0.4 is 4.80 Å². The zero-order valence-corrected chi connectivity index (χ0v) is 17.3. The van der Waals surface area contributed by atoms with E-state index in [4.69, 9.17) is 0 Å². The fraction of sp³-hybridized carbons (Fsp3) is 0.238. The third kappa shape index (κ3) is 4.05. The molecule has 1 aromatic heterocycles. The molecule has 0 aliphatic rings. The zero-order valence-electron chi connectivity index (χ0n) is 14.9. The van der Waals surface area contributed by atoms with Crippen LogP contribution in [0.1, 0.15) is 35.5 Å². The van der Waals surface area contributed by atoms with Crippen LogP contribution in [0.3, 0.4) is 0 Å². The van der Waals surface area contributed by atoms with E-state index in [1.54, 1.807) is 23.5 Å². The summed E-state index contributed by atoms with van der Waals surface area (Å²) in [4.78, 5) is 19.0. The maximum Gasteiger partial charge on any atom is 0.279 e. The minimum absolute atomic E-state index is 0.195. The van der Waals surface area contributed by atoms with Gasteiger partial charge in [0.1, 0.15) is 0 Å². The highest BCUT2D eigenvalue weighted by atomic mass is 79.9. The number of aromatic nitrogens is 1. The highest BCUT2D eigenvalue weighted by Gasteiger charge is 2.15. The summed E-state index contributed by atoms with van der Waals surface area (Å²) < 4.78 is 3.21. The van der Waals surface area contributed by atoms with Crippen molar-refractivity contribution in [3.05, 3.63) is 74.3 Å². The third-order valence-electron chi connectivity index (χ3n) is 4.11. The lowest BCUT2D eigenvalue weighted by molar-refractivity contribution is 0.0998. The highest BCUT2D eigenvalue weighted by Crippen LogP contribution is 2.28. The van der Waals surface area contributed by atoms with E-state index < -0.39 is 0 Å². The zero-order chi connectivity index (χ0) is 18.5. The average molecular weight is 429 g/mol. The number of thiazole rings is 1. The summed E-state index contributed by atoms with van der Waals surface area (Å²) in [6.45, 7) is 5.04. The molecule has 2 aromatic carbocycles. The van der Waals surface area contributed by atoms with Gasteiger partial charge in [0, 0.05) is 21.5 Å². The molecule has 3 rings (SSSR count). The third-order valence-corrected chi connectivity index (χ3v) is 5.78. The van der Waals surface area contributed by atoms with Gasteiger partial charge in [0.05, 0.1) is 5.69 Å². The number of aryl methyl sites for hydroxylation is 1. The van der Waals surface area contributed by atoms with Crippen molar-refractivity contribution in [2.45, 2.75) is 33.2 Å². The number of carbonyl (C=O) groups is 1. The fourth-order valence-electron chi connectivity index (χ4n) is 2.89. The molecule has 0 bridgehead atoms. The smallest absolute Gasteiger partial charge is 0.279 e. The van der Waals surface area contributed by atoms with E-state index >= 15 is 0 Å². The van der Waals surface area contributed by atoms with Crippen molar-refractivity contribution in [3.63, 3.8) is 0 Å². The van der Waals surface area contributed by atoms with Gasteiger partial charge in [0.25, 0.3) is 5.91 Å². The van der Waals surface area contributed by atoms with Gasteiger partial charge in [-0.3, -0.25) is 4.79 Å². The minimum Gasteiger partial charge on any atom is -0.316 e. The molecule has 0 fully saturated rings. The van der Waals surface area contributed by atoms with Crippen molar-refractivity contribution in [1.29, 1.82) is 0 Å². The van der Waals surface area contributed by atoms with Gasteiger partial charge < -0.3 is 4.57 Å². The Morgan fingerprint density at radius 2 is 1.77 bits per heavy atom. The number of hydrogen-bond donors (Lipinski definition) is 0. The fourth-order valence-corrected chi connectivity index (χ4v) is 4.46. The molecule has 1 amide bonds. The number of amides is 1. The summed E-state index contributed by atoms with van der Waals surface area (Å²) in [7, 11) is 0. The molecule has 0 atom stereocenters. The summed E-state index contributed by atoms with van der Waals surface area (Å²) in [5.41, 5.74) is 2.95. The van der Waals surface area contributed by atoms with Crippen molar-refractivity contribution >= 4 is 33.2 Å². The molecule has 3 nitrogen and oxygen atoms in total. The molecule has 0 radical (unpaired) electrons. The van der Waals surface area contributed by atoms with E-state index in [1.807, 2.05) is 18.2 Å². The molecular formula is C21H21BrN2OS. The first-order chi connectivity index (χ1) is 12.6. The summed E-state index contributed by atoms with van der Waals surface area (Å²) in [5, 5.41) is 0. The Balaban J connectivity index is 2.15. The van der Waals surface area contributed by atoms with Crippen LogP contribution in [0.25, 0.3) is 11.3 Å². The van der Waals surface area contributed by atoms with Crippen LogP contribution in [-0.2, 0) is 13.0 Å². The normalized spacial score (nSPS) is 11.7. The van der Waals surface area contributed by atoms with Crippen molar-refractivity contribution in [2.24, 2.45) is 4.99 Å². The molecule has 0 unspecified atom stereocenters. The van der Waals surface area contributed by atoms with Gasteiger partial charge >= 0.3 is 0 Å². The van der Waals surface area contributed by atoms with E-state index in [0.29, 0.717) is 5.56 Å². The summed E-state index contributed by atoms with van der Waals surface area (Å²) in [6.07, 6.45) is 2.03. The largest absolute Gasteiger partial charge is 0.316 e. The van der Waals surface area contributed by atoms with Crippen molar-refractivity contribution in [3.8, 4) is 11.3 Å². The lowest BCUT2D eigenvalue weighted by Crippen LogP contribution is -2.17. The lowest BCUT2D eigenvalue weighted by atomic mass is 10.1. The van der Waals surface area contributed by atoms with Crippen LogP contribution in [0.5, 0.6) is 0 Å². The van der Waals surface area contributed by atoms with Crippen LogP contribution in [0, 0.1) is 0 Å². The Kier molecular flexibility index (Phi) is 6.22. The predicted octanol–water partition coefficient (Wildman–Crippen LogP) is 5.69. The molecule has 5 heteroatoms. The number of nitrogens with zero attached hydrogens (tertiary/aromatic N) is 2. The summed E-state index contributed by atoms with van der Waals surface area (Å²) in [5.74, 6) is -0.195. The molecular weight excluding hydrogens is 408 g/mol. The molecule has 0 spiro atoms. The van der Waals surface area contributed by atoms with Gasteiger partial charge in [0.15, 0.2) is 4.80 Å². The monoisotopic (exact) mass is 428 g/mol. The van der Waals surface area contributed by atoms with Crippen molar-refractivity contribution < 1.29 is 4.79 Å². The van der Waals surface area contributed by atoms with E-state index in [2.05, 4.69) is 63.6 Å². The topological polar surface area (TPSA) is 34.4 Å². The first kappa shape index (κ1) is 18.8. The standard InChI is InChI=1S/C21H21BrN2OS/c1-3-8-18-19(15-11-13-17(22)14-12-15)24(4-2)21(26-18)23-20(25)16-9-6-5-7-10-16/h5-7,9-14H,3-4,8H2,1-2H3. The Hall–Kier alpha value is -1.98. The first-order valence-electron chi connectivity index (χ1n) is 8.76. The second-order valence-corrected chi connectivity index (χ2v) is 7.92. The van der Waals surface area contributed by atoms with Gasteiger partial charge in [-0.25, -0.2) is 0 Å². The molecule has 0 aliphatic heterocycles. The molecule has 0 saturated carbocycles. The number of benzene rings is 2. The van der Waals surface area contributed by atoms with E-state index in [-0.39, 0.29) is 5.91 Å². The van der Waals surface area contributed by atoms with Crippen molar-refractivity contribution in [1.82, 2.24) is 4.57 Å². The highest BCUT2D eigenvalue weighted by molar-refractivity contribution is 9.10. The summed E-state index contributed by atoms with van der Waals surface area (Å²) >= 11 is 5.12. The average Bonchev–Trinajstić information content (AvgIpc) is 3.00. The Bertz CT molecular complexity index is 956. The number of halogens is 1. The van der Waals surface area contributed by atoms with Crippen LogP contribution >= 0.6 is 27.3 Å². The SMILES string of the molecule is CCCc1sc(=NC(=O)c2ccccc2)n(CC)c1-c1ccc(Br)cc1. The number of carbonyl (C=O) groups excluding carboxylic acids is 1. The second kappa shape index (κ2) is 8.60. The van der Waals surface area contributed by atoms with Gasteiger partial charge in [-0.15, -0.1) is 11.3 Å². The maximum atomic E-state index is 12.6. The van der Waals surface area contributed by atoms with Crippen LogP contribution in [0.2, 0.25) is 0 Å². The van der Waals surface area contributed by atoms with Crippen LogP contribution in [0.15, 0.2) is 64.1 Å². The van der Waals surface area contributed by atoms with E-state index in [9.17, 15) is 4.79 Å². The van der Waals surface area contributed by atoms with Gasteiger partial charge in [0.2, 0.25) is 0 Å². The Labute approximate surface area is 166 Å². The quantitative estimate of drug-likeness (QED) is 0.513.